The maximum absolute atomic E-state index is 13.5. The number of alkyl halides is 6. The van der Waals surface area contributed by atoms with Crippen LogP contribution in [0.1, 0.15) is 24.3 Å². The predicted octanol–water partition coefficient (Wildman–Crippen LogP) is 5.72. The fourth-order valence-electron chi connectivity index (χ4n) is 3.88. The summed E-state index contributed by atoms with van der Waals surface area (Å²) in [6, 6.07) is 12.9. The number of thioether (sulfide) groups is 1. The highest BCUT2D eigenvalue weighted by Gasteiger charge is 2.43. The Hall–Kier alpha value is -3.94. The molecule has 2 aromatic carbocycles. The van der Waals surface area contributed by atoms with E-state index in [2.05, 4.69) is 9.72 Å². The molecule has 0 bridgehead atoms. The van der Waals surface area contributed by atoms with Crippen LogP contribution in [0.5, 0.6) is 5.88 Å². The van der Waals surface area contributed by atoms with Crippen molar-refractivity contribution in [2.45, 2.75) is 36.2 Å². The van der Waals surface area contributed by atoms with Gasteiger partial charge in [-0.1, -0.05) is 18.2 Å². The quantitative estimate of drug-likeness (QED) is 0.186. The second-order valence-electron chi connectivity index (χ2n) is 7.99. The lowest BCUT2D eigenvalue weighted by atomic mass is 10.1. The van der Waals surface area contributed by atoms with Crippen LogP contribution in [0.25, 0.3) is 16.6 Å². The second kappa shape index (κ2) is 10.1. The van der Waals surface area contributed by atoms with Gasteiger partial charge < -0.3 is 9.84 Å². The Labute approximate surface area is 214 Å². The zero-order valence-electron chi connectivity index (χ0n) is 19.2. The monoisotopic (exact) mass is 557 g/mol. The zero-order chi connectivity index (χ0) is 27.8. The van der Waals surface area contributed by atoms with Gasteiger partial charge in [-0.25, -0.2) is 14.2 Å². The van der Waals surface area contributed by atoms with E-state index in [0.29, 0.717) is 21.0 Å². The standard InChI is InChI=1S/C24H17F6N3O4S/c1-13(37-21(35)23(25,26)27)19-20(34)33(15-6-8-16(9-7-15)38-24(28,29)30)22(36)32(19)12-14-10-11-31-18-5-3-2-4-17(14)18/h2-11,13,34H,12H2,1H3/t13-/m1/s1. The van der Waals surface area contributed by atoms with Crippen molar-refractivity contribution >= 4 is 28.6 Å². The first-order chi connectivity index (χ1) is 17.8. The number of aromatic hydroxyl groups is 1. The summed E-state index contributed by atoms with van der Waals surface area (Å²) >= 11 is -0.387. The summed E-state index contributed by atoms with van der Waals surface area (Å²) < 4.78 is 82.7. The van der Waals surface area contributed by atoms with Crippen molar-refractivity contribution in [3.05, 3.63) is 82.5 Å². The SMILES string of the molecule is C[C@@H](OC(=O)C(F)(F)F)c1c(O)n(-c2ccc(SC(F)(F)F)cc2)c(=O)n1Cc1ccnc2ccccc12. The number of carbonyl (C=O) groups is 1. The summed E-state index contributed by atoms with van der Waals surface area (Å²) in [5, 5.41) is 11.6. The Morgan fingerprint density at radius 3 is 2.34 bits per heavy atom. The second-order valence-corrected chi connectivity index (χ2v) is 9.13. The predicted molar refractivity (Wildman–Crippen MR) is 125 cm³/mol. The van der Waals surface area contributed by atoms with Crippen molar-refractivity contribution in [3.8, 4) is 11.6 Å². The number of pyridine rings is 1. The molecule has 1 atom stereocenters. The number of hydrogen-bond donors (Lipinski definition) is 1. The number of nitrogens with zero attached hydrogens (tertiary/aromatic N) is 3. The summed E-state index contributed by atoms with van der Waals surface area (Å²) in [4.78, 5) is 29.0. The number of carbonyl (C=O) groups excluding carboxylic acids is 1. The van der Waals surface area contributed by atoms with E-state index in [9.17, 15) is 41.0 Å². The summed E-state index contributed by atoms with van der Waals surface area (Å²) in [5.41, 5.74) is -4.90. The Morgan fingerprint density at radius 1 is 1.05 bits per heavy atom. The number of imidazole rings is 1. The minimum atomic E-state index is -5.33. The van der Waals surface area contributed by atoms with Gasteiger partial charge >= 0.3 is 23.3 Å². The number of para-hydroxylation sites is 1. The molecule has 0 saturated heterocycles. The van der Waals surface area contributed by atoms with Crippen molar-refractivity contribution in [1.82, 2.24) is 14.1 Å². The molecule has 7 nitrogen and oxygen atoms in total. The van der Waals surface area contributed by atoms with Crippen LogP contribution in [0.2, 0.25) is 0 Å². The summed E-state index contributed by atoms with van der Waals surface area (Å²) in [7, 11) is 0. The fourth-order valence-corrected chi connectivity index (χ4v) is 4.42. The van der Waals surface area contributed by atoms with Crippen LogP contribution in [0.4, 0.5) is 26.3 Å². The Balaban J connectivity index is 1.84. The van der Waals surface area contributed by atoms with Crippen LogP contribution in [-0.2, 0) is 16.1 Å². The van der Waals surface area contributed by atoms with Crippen LogP contribution in [0, 0.1) is 0 Å². The molecule has 4 aromatic rings. The highest BCUT2D eigenvalue weighted by Crippen LogP contribution is 2.37. The van der Waals surface area contributed by atoms with E-state index in [4.69, 9.17) is 0 Å². The third-order valence-electron chi connectivity index (χ3n) is 5.45. The third kappa shape index (κ3) is 5.64. The molecule has 4 rings (SSSR count). The van der Waals surface area contributed by atoms with E-state index < -0.39 is 41.0 Å². The Morgan fingerprint density at radius 2 is 1.71 bits per heavy atom. The molecule has 2 aromatic heterocycles. The number of benzene rings is 2. The van der Waals surface area contributed by atoms with Crippen molar-refractivity contribution in [1.29, 1.82) is 0 Å². The van der Waals surface area contributed by atoms with E-state index >= 15 is 0 Å². The number of rotatable bonds is 6. The van der Waals surface area contributed by atoms with E-state index in [0.717, 1.165) is 35.8 Å². The van der Waals surface area contributed by atoms with Crippen molar-refractivity contribution in [3.63, 3.8) is 0 Å². The number of fused-ring (bicyclic) bond motifs is 1. The zero-order valence-corrected chi connectivity index (χ0v) is 20.1. The van der Waals surface area contributed by atoms with Gasteiger partial charge in [0.15, 0.2) is 0 Å². The number of hydrogen-bond acceptors (Lipinski definition) is 6. The van der Waals surface area contributed by atoms with Crippen LogP contribution in [-0.4, -0.2) is 36.9 Å². The number of aromatic nitrogens is 3. The molecule has 2 heterocycles. The number of esters is 1. The lowest BCUT2D eigenvalue weighted by Crippen LogP contribution is -2.29. The molecule has 1 N–H and O–H groups in total. The molecular weight excluding hydrogens is 540 g/mol. The third-order valence-corrected chi connectivity index (χ3v) is 6.19. The minimum Gasteiger partial charge on any atom is -0.493 e. The van der Waals surface area contributed by atoms with Crippen LogP contribution in [0.15, 0.2) is 70.5 Å². The lowest BCUT2D eigenvalue weighted by Gasteiger charge is -2.17. The molecule has 0 unspecified atom stereocenters. The molecule has 14 heteroatoms. The number of halogens is 6. The highest BCUT2D eigenvalue weighted by molar-refractivity contribution is 8.00. The van der Waals surface area contributed by atoms with E-state index in [-0.39, 0.29) is 28.9 Å². The highest BCUT2D eigenvalue weighted by atomic mass is 32.2. The minimum absolute atomic E-state index is 0.0621. The van der Waals surface area contributed by atoms with Gasteiger partial charge in [-0.15, -0.1) is 0 Å². The van der Waals surface area contributed by atoms with Gasteiger partial charge in [0.25, 0.3) is 0 Å². The molecule has 0 aliphatic heterocycles. The smallest absolute Gasteiger partial charge is 0.490 e. The molecule has 0 aliphatic rings. The molecule has 0 saturated carbocycles. The molecule has 0 spiro atoms. The average Bonchev–Trinajstić information content (AvgIpc) is 3.07. The first-order valence-electron chi connectivity index (χ1n) is 10.8. The molecule has 0 amide bonds. The van der Waals surface area contributed by atoms with Gasteiger partial charge in [-0.2, -0.15) is 26.3 Å². The van der Waals surface area contributed by atoms with E-state index in [1.54, 1.807) is 30.3 Å². The summed E-state index contributed by atoms with van der Waals surface area (Å²) in [6.45, 7) is 0.792. The largest absolute Gasteiger partial charge is 0.493 e. The van der Waals surface area contributed by atoms with E-state index in [1.807, 2.05) is 0 Å². The molecular formula is C24H17F6N3O4S. The first-order valence-corrected chi connectivity index (χ1v) is 11.6. The van der Waals surface area contributed by atoms with Crippen LogP contribution < -0.4 is 5.69 Å². The van der Waals surface area contributed by atoms with E-state index in [1.165, 1.54) is 6.20 Å². The fraction of sp³-hybridized carbons (Fsp3) is 0.208. The van der Waals surface area contributed by atoms with Gasteiger partial charge in [0, 0.05) is 16.5 Å². The van der Waals surface area contributed by atoms with Gasteiger partial charge in [0.1, 0.15) is 11.8 Å². The Bertz CT molecular complexity index is 1540. The van der Waals surface area contributed by atoms with Crippen molar-refractivity contribution in [2.24, 2.45) is 0 Å². The molecule has 200 valence electrons. The molecule has 0 aliphatic carbocycles. The van der Waals surface area contributed by atoms with Gasteiger partial charge in [0.05, 0.1) is 17.7 Å². The maximum Gasteiger partial charge on any atom is 0.490 e. The van der Waals surface area contributed by atoms with Crippen LogP contribution >= 0.6 is 11.8 Å². The topological polar surface area (TPSA) is 86.4 Å². The van der Waals surface area contributed by atoms with Crippen molar-refractivity contribution < 1.29 is 41.0 Å². The molecule has 0 radical (unpaired) electrons. The van der Waals surface area contributed by atoms with Gasteiger partial charge in [-0.3, -0.25) is 9.55 Å². The van der Waals surface area contributed by atoms with Gasteiger partial charge in [0.2, 0.25) is 5.88 Å². The number of ether oxygens (including phenoxy) is 1. The van der Waals surface area contributed by atoms with Crippen molar-refractivity contribution in [2.75, 3.05) is 0 Å². The molecule has 0 fully saturated rings. The lowest BCUT2D eigenvalue weighted by molar-refractivity contribution is -0.204. The first kappa shape index (κ1) is 27.1. The maximum atomic E-state index is 13.5. The summed E-state index contributed by atoms with van der Waals surface area (Å²) in [5.74, 6) is -3.37. The average molecular weight is 557 g/mol. The van der Waals surface area contributed by atoms with Gasteiger partial charge in [-0.05, 0) is 60.6 Å². The Kier molecular flexibility index (Phi) is 7.19. The summed E-state index contributed by atoms with van der Waals surface area (Å²) in [6.07, 6.45) is -5.60. The molecule has 38 heavy (non-hydrogen) atoms. The normalized spacial score (nSPS) is 13.0. The van der Waals surface area contributed by atoms with Crippen LogP contribution in [0.3, 0.4) is 0 Å².